The van der Waals surface area contributed by atoms with Crippen LogP contribution in [0.4, 0.5) is 5.69 Å². The van der Waals surface area contributed by atoms with Gasteiger partial charge in [-0.3, -0.25) is 10.1 Å². The molecule has 0 bridgehead atoms. The van der Waals surface area contributed by atoms with E-state index in [1.165, 1.54) is 6.07 Å². The van der Waals surface area contributed by atoms with Crippen LogP contribution in [0, 0.1) is 44.1 Å². The van der Waals surface area contributed by atoms with Gasteiger partial charge in [-0.2, -0.15) is 15.8 Å². The fraction of sp³-hybridized carbons (Fsp3) is 0.100. The molecular formula is C10H4N4O2. The highest BCUT2D eigenvalue weighted by atomic mass is 16.6. The second-order valence-electron chi connectivity index (χ2n) is 2.84. The molecule has 76 valence electrons. The Morgan fingerprint density at radius 3 is 2.19 bits per heavy atom. The van der Waals surface area contributed by atoms with Gasteiger partial charge in [0.15, 0.2) is 0 Å². The number of nitro groups is 1. The Labute approximate surface area is 90.7 Å². The minimum Gasteiger partial charge on any atom is -0.258 e. The normalized spacial score (nSPS) is 8.56. The Hall–Kier alpha value is -2.91. The van der Waals surface area contributed by atoms with Gasteiger partial charge in [0.1, 0.15) is 12.1 Å². The molecule has 1 rings (SSSR count). The summed E-state index contributed by atoms with van der Waals surface area (Å²) in [6.07, 6.45) is -0.170. The predicted octanol–water partition coefficient (Wildman–Crippen LogP) is 1.40. The predicted molar refractivity (Wildman–Crippen MR) is 51.8 cm³/mol. The van der Waals surface area contributed by atoms with Crippen LogP contribution in [-0.2, 0) is 6.42 Å². The lowest BCUT2D eigenvalue weighted by atomic mass is 10.0. The third-order valence-electron chi connectivity index (χ3n) is 1.93. The van der Waals surface area contributed by atoms with Gasteiger partial charge in [0.25, 0.3) is 5.69 Å². The zero-order chi connectivity index (χ0) is 12.1. The van der Waals surface area contributed by atoms with Crippen molar-refractivity contribution in [2.24, 2.45) is 0 Å². The van der Waals surface area contributed by atoms with Gasteiger partial charge in [0.2, 0.25) is 0 Å². The van der Waals surface area contributed by atoms with Gasteiger partial charge in [0, 0.05) is 11.6 Å². The molecule has 0 amide bonds. The van der Waals surface area contributed by atoms with Crippen molar-refractivity contribution in [3.05, 3.63) is 38.9 Å². The molecule has 6 heteroatoms. The molecule has 6 nitrogen and oxygen atoms in total. The summed E-state index contributed by atoms with van der Waals surface area (Å²) in [4.78, 5) is 10.00. The number of hydrogen-bond donors (Lipinski definition) is 0. The first kappa shape index (κ1) is 11.2. The van der Waals surface area contributed by atoms with Gasteiger partial charge in [-0.05, 0) is 6.07 Å². The van der Waals surface area contributed by atoms with E-state index in [0.29, 0.717) is 0 Å². The van der Waals surface area contributed by atoms with Crippen LogP contribution in [0.3, 0.4) is 0 Å². The van der Waals surface area contributed by atoms with E-state index in [-0.39, 0.29) is 28.8 Å². The Morgan fingerprint density at radius 1 is 1.19 bits per heavy atom. The highest BCUT2D eigenvalue weighted by Crippen LogP contribution is 2.23. The summed E-state index contributed by atoms with van der Waals surface area (Å²) in [7, 11) is 0. The number of nitro benzene ring substituents is 1. The smallest absolute Gasteiger partial charge is 0.258 e. The van der Waals surface area contributed by atoms with Gasteiger partial charge < -0.3 is 0 Å². The molecule has 0 heterocycles. The van der Waals surface area contributed by atoms with Gasteiger partial charge >= 0.3 is 0 Å². The quantitative estimate of drug-likeness (QED) is 0.542. The van der Waals surface area contributed by atoms with E-state index in [1.807, 2.05) is 0 Å². The lowest BCUT2D eigenvalue weighted by Gasteiger charge is -2.00. The molecule has 1 aromatic carbocycles. The molecule has 16 heavy (non-hydrogen) atoms. The van der Waals surface area contributed by atoms with E-state index in [2.05, 4.69) is 0 Å². The molecule has 0 atom stereocenters. The summed E-state index contributed by atoms with van der Waals surface area (Å²) < 4.78 is 0. The molecule has 0 aliphatic heterocycles. The average molecular weight is 212 g/mol. The molecule has 1 aromatic rings. The average Bonchev–Trinajstić information content (AvgIpc) is 2.28. The standard InChI is InChI=1S/C10H4N4O2/c11-2-1-7-3-8(5-12)9(6-13)4-10(7)14(15)16/h3-4H,1H2. The number of hydrogen-bond acceptors (Lipinski definition) is 5. The maximum absolute atomic E-state index is 10.7. The summed E-state index contributed by atoms with van der Waals surface area (Å²) in [6, 6.07) is 7.46. The minimum absolute atomic E-state index is 0.0401. The first-order valence-electron chi connectivity index (χ1n) is 4.12. The van der Waals surface area contributed by atoms with Crippen LogP contribution < -0.4 is 0 Å². The summed E-state index contributed by atoms with van der Waals surface area (Å²) in [5, 5.41) is 36.6. The van der Waals surface area contributed by atoms with Crippen molar-refractivity contribution >= 4 is 5.69 Å². The van der Waals surface area contributed by atoms with E-state index >= 15 is 0 Å². The van der Waals surface area contributed by atoms with Gasteiger partial charge in [-0.15, -0.1) is 0 Å². The summed E-state index contributed by atoms with van der Waals surface area (Å²) in [6.45, 7) is 0. The Morgan fingerprint density at radius 2 is 1.75 bits per heavy atom. The first-order valence-corrected chi connectivity index (χ1v) is 4.12. The first-order chi connectivity index (χ1) is 7.63. The monoisotopic (exact) mass is 212 g/mol. The molecule has 0 saturated heterocycles. The number of benzene rings is 1. The molecule has 0 saturated carbocycles. The Balaban J connectivity index is 3.52. The topological polar surface area (TPSA) is 115 Å². The highest BCUT2D eigenvalue weighted by molar-refractivity contribution is 5.56. The van der Waals surface area contributed by atoms with E-state index in [1.54, 1.807) is 18.2 Å². The number of nitrogens with zero attached hydrogens (tertiary/aromatic N) is 4. The molecule has 0 aromatic heterocycles. The zero-order valence-electron chi connectivity index (χ0n) is 7.97. The fourth-order valence-electron chi connectivity index (χ4n) is 1.21. The van der Waals surface area contributed by atoms with Crippen molar-refractivity contribution in [1.29, 1.82) is 15.8 Å². The van der Waals surface area contributed by atoms with Gasteiger partial charge in [-0.1, -0.05) is 0 Å². The maximum atomic E-state index is 10.7. The van der Waals surface area contributed by atoms with Crippen molar-refractivity contribution in [3.8, 4) is 18.2 Å². The van der Waals surface area contributed by atoms with Gasteiger partial charge in [0.05, 0.1) is 28.5 Å². The molecule has 0 unspecified atom stereocenters. The molecule has 0 spiro atoms. The highest BCUT2D eigenvalue weighted by Gasteiger charge is 2.17. The van der Waals surface area contributed by atoms with E-state index in [0.717, 1.165) is 6.07 Å². The SMILES string of the molecule is N#CCc1cc(C#N)c(C#N)cc1[N+](=O)[O-]. The third-order valence-corrected chi connectivity index (χ3v) is 1.93. The summed E-state index contributed by atoms with van der Waals surface area (Å²) in [5.74, 6) is 0. The number of rotatable bonds is 2. The second kappa shape index (κ2) is 4.54. The van der Waals surface area contributed by atoms with Crippen LogP contribution in [-0.4, -0.2) is 4.92 Å². The van der Waals surface area contributed by atoms with Crippen LogP contribution >= 0.6 is 0 Å². The van der Waals surface area contributed by atoms with Crippen molar-refractivity contribution in [1.82, 2.24) is 0 Å². The van der Waals surface area contributed by atoms with Crippen molar-refractivity contribution in [2.75, 3.05) is 0 Å². The van der Waals surface area contributed by atoms with Gasteiger partial charge in [-0.25, -0.2) is 0 Å². The summed E-state index contributed by atoms with van der Waals surface area (Å²) in [5.41, 5.74) is -0.186. The minimum atomic E-state index is -0.672. The van der Waals surface area contributed by atoms with E-state index in [4.69, 9.17) is 15.8 Å². The molecule has 0 aliphatic rings. The Bertz CT molecular complexity index is 572. The van der Waals surface area contributed by atoms with Crippen molar-refractivity contribution in [2.45, 2.75) is 6.42 Å². The van der Waals surface area contributed by atoms with Crippen LogP contribution in [0.5, 0.6) is 0 Å². The van der Waals surface area contributed by atoms with Crippen LogP contribution in [0.2, 0.25) is 0 Å². The molecular weight excluding hydrogens is 208 g/mol. The lowest BCUT2D eigenvalue weighted by molar-refractivity contribution is -0.385. The zero-order valence-corrected chi connectivity index (χ0v) is 7.97. The molecule has 0 fully saturated rings. The van der Waals surface area contributed by atoms with E-state index in [9.17, 15) is 10.1 Å². The largest absolute Gasteiger partial charge is 0.275 e. The number of nitriles is 3. The third kappa shape index (κ3) is 1.95. The summed E-state index contributed by atoms with van der Waals surface area (Å²) >= 11 is 0. The molecule has 0 aliphatic carbocycles. The maximum Gasteiger partial charge on any atom is 0.275 e. The molecule has 0 radical (unpaired) electrons. The van der Waals surface area contributed by atoms with E-state index < -0.39 is 4.92 Å². The van der Waals surface area contributed by atoms with Crippen molar-refractivity contribution < 1.29 is 4.92 Å². The molecule has 0 N–H and O–H groups in total. The second-order valence-corrected chi connectivity index (χ2v) is 2.84. The van der Waals surface area contributed by atoms with Crippen molar-refractivity contribution in [3.63, 3.8) is 0 Å². The van der Waals surface area contributed by atoms with Crippen LogP contribution in [0.25, 0.3) is 0 Å². The fourth-order valence-corrected chi connectivity index (χ4v) is 1.21. The van der Waals surface area contributed by atoms with Crippen LogP contribution in [0.15, 0.2) is 12.1 Å². The van der Waals surface area contributed by atoms with Crippen LogP contribution in [0.1, 0.15) is 16.7 Å². The Kier molecular flexibility index (Phi) is 3.17. The lowest BCUT2D eigenvalue weighted by Crippen LogP contribution is -1.98.